The van der Waals surface area contributed by atoms with Gasteiger partial charge in [-0.3, -0.25) is 0 Å². The van der Waals surface area contributed by atoms with Gasteiger partial charge in [-0.25, -0.2) is 8.78 Å². The number of hydrogen-bond donors (Lipinski definition) is 1. The van der Waals surface area contributed by atoms with E-state index in [4.69, 9.17) is 21.8 Å². The molecule has 108 valence electrons. The zero-order chi connectivity index (χ0) is 15.1. The normalized spacial score (nSPS) is 12.8. The molecule has 0 saturated heterocycles. The minimum Gasteiger partial charge on any atom is -0.459 e. The van der Waals surface area contributed by atoms with E-state index in [0.717, 1.165) is 5.56 Å². The summed E-state index contributed by atoms with van der Waals surface area (Å²) < 4.78 is 32.4. The minimum atomic E-state index is -0.719. The van der Waals surface area contributed by atoms with E-state index in [0.29, 0.717) is 27.3 Å². The van der Waals surface area contributed by atoms with Gasteiger partial charge in [0.15, 0.2) is 0 Å². The van der Waals surface area contributed by atoms with E-state index in [1.54, 1.807) is 13.0 Å². The number of benzene rings is 2. The summed E-state index contributed by atoms with van der Waals surface area (Å²) in [5, 5.41) is 1.00. The van der Waals surface area contributed by atoms with Crippen molar-refractivity contribution in [2.45, 2.75) is 13.0 Å². The number of nitrogens with two attached hydrogens (primary N) is 1. The van der Waals surface area contributed by atoms with Crippen LogP contribution in [0.1, 0.15) is 22.9 Å². The molecule has 0 fully saturated rings. The molecule has 2 nitrogen and oxygen atoms in total. The average Bonchev–Trinajstić information content (AvgIpc) is 2.78. The molecule has 2 aromatic carbocycles. The maximum atomic E-state index is 13.4. The van der Waals surface area contributed by atoms with Crippen molar-refractivity contribution in [2.24, 2.45) is 5.73 Å². The highest BCUT2D eigenvalue weighted by molar-refractivity contribution is 6.31. The molecular weight excluding hydrogens is 296 g/mol. The third kappa shape index (κ3) is 2.41. The van der Waals surface area contributed by atoms with Gasteiger partial charge in [-0.15, -0.1) is 0 Å². The summed E-state index contributed by atoms with van der Waals surface area (Å²) in [5.74, 6) is -0.330. The lowest BCUT2D eigenvalue weighted by Gasteiger charge is -2.12. The van der Waals surface area contributed by atoms with Crippen molar-refractivity contribution in [3.8, 4) is 0 Å². The van der Waals surface area contributed by atoms with Crippen LogP contribution < -0.4 is 5.73 Å². The Hall–Kier alpha value is -1.91. The zero-order valence-electron chi connectivity index (χ0n) is 11.2. The van der Waals surface area contributed by atoms with E-state index in [2.05, 4.69) is 0 Å². The highest BCUT2D eigenvalue weighted by atomic mass is 35.5. The lowest BCUT2D eigenvalue weighted by molar-refractivity contribution is 0.519. The Morgan fingerprint density at radius 2 is 1.76 bits per heavy atom. The highest BCUT2D eigenvalue weighted by Crippen LogP contribution is 2.34. The smallest absolute Gasteiger partial charge is 0.134 e. The van der Waals surface area contributed by atoms with Gasteiger partial charge in [0.05, 0.1) is 6.04 Å². The molecule has 3 aromatic rings. The molecule has 0 aliphatic heterocycles. The van der Waals surface area contributed by atoms with Gasteiger partial charge in [-0.05, 0) is 48.9 Å². The fraction of sp³-hybridized carbons (Fsp3) is 0.125. The second-order valence-corrected chi connectivity index (χ2v) is 5.28. The summed E-state index contributed by atoms with van der Waals surface area (Å²) in [7, 11) is 0. The lowest BCUT2D eigenvalue weighted by atomic mass is 10.0. The molecule has 0 bridgehead atoms. The van der Waals surface area contributed by atoms with Crippen LogP contribution in [0.25, 0.3) is 11.0 Å². The van der Waals surface area contributed by atoms with Gasteiger partial charge in [0.25, 0.3) is 0 Å². The summed E-state index contributed by atoms with van der Waals surface area (Å²) in [6.45, 7) is 1.79. The number of hydrogen-bond acceptors (Lipinski definition) is 2. The first-order valence-electron chi connectivity index (χ1n) is 6.36. The van der Waals surface area contributed by atoms with E-state index in [1.165, 1.54) is 30.3 Å². The Labute approximate surface area is 125 Å². The number of aryl methyl sites for hydroxylation is 1. The predicted octanol–water partition coefficient (Wildman–Crippen LogP) is 4.72. The van der Waals surface area contributed by atoms with E-state index < -0.39 is 11.9 Å². The highest BCUT2D eigenvalue weighted by Gasteiger charge is 2.21. The molecule has 0 radical (unpaired) electrons. The summed E-state index contributed by atoms with van der Waals surface area (Å²) >= 11 is 6.07. The molecule has 1 aromatic heterocycles. The third-order valence-corrected chi connectivity index (χ3v) is 3.85. The molecular formula is C16H12ClF2NO. The Morgan fingerprint density at radius 3 is 2.52 bits per heavy atom. The maximum Gasteiger partial charge on any atom is 0.134 e. The Morgan fingerprint density at radius 1 is 1.10 bits per heavy atom. The molecule has 0 aliphatic rings. The Bertz CT molecular complexity index is 829. The number of fused-ring (bicyclic) bond motifs is 1. The molecule has 2 N–H and O–H groups in total. The SMILES string of the molecule is Cc1c(C(N)c2cc(F)ccc2Cl)oc2ccc(F)cc12. The molecule has 21 heavy (non-hydrogen) atoms. The summed E-state index contributed by atoms with van der Waals surface area (Å²) in [6, 6.07) is 7.52. The maximum absolute atomic E-state index is 13.4. The molecule has 3 rings (SSSR count). The van der Waals surface area contributed by atoms with Crippen molar-refractivity contribution in [1.29, 1.82) is 0 Å². The largest absolute Gasteiger partial charge is 0.459 e. The number of furan rings is 1. The topological polar surface area (TPSA) is 39.2 Å². The quantitative estimate of drug-likeness (QED) is 0.744. The van der Waals surface area contributed by atoms with Crippen LogP contribution in [0.3, 0.4) is 0 Å². The summed E-state index contributed by atoms with van der Waals surface area (Å²) in [6.07, 6.45) is 0. The van der Waals surface area contributed by atoms with Crippen molar-refractivity contribution < 1.29 is 13.2 Å². The second kappa shape index (κ2) is 5.13. The predicted molar refractivity (Wildman–Crippen MR) is 78.3 cm³/mol. The van der Waals surface area contributed by atoms with Crippen molar-refractivity contribution in [1.82, 2.24) is 0 Å². The van der Waals surface area contributed by atoms with Gasteiger partial charge in [-0.2, -0.15) is 0 Å². The molecule has 1 atom stereocenters. The molecule has 0 spiro atoms. The molecule has 5 heteroatoms. The molecule has 0 saturated carbocycles. The molecule has 1 unspecified atom stereocenters. The van der Waals surface area contributed by atoms with Crippen LogP contribution in [0.4, 0.5) is 8.78 Å². The molecule has 0 amide bonds. The van der Waals surface area contributed by atoms with Gasteiger partial charge in [-0.1, -0.05) is 11.6 Å². The Kier molecular flexibility index (Phi) is 3.43. The van der Waals surface area contributed by atoms with Gasteiger partial charge < -0.3 is 10.2 Å². The van der Waals surface area contributed by atoms with Crippen molar-refractivity contribution in [3.63, 3.8) is 0 Å². The first kappa shape index (κ1) is 14.0. The van der Waals surface area contributed by atoms with Crippen LogP contribution in [-0.4, -0.2) is 0 Å². The van der Waals surface area contributed by atoms with Crippen LogP contribution in [0.5, 0.6) is 0 Å². The van der Waals surface area contributed by atoms with Crippen LogP contribution in [0.15, 0.2) is 40.8 Å². The molecule has 0 aliphatic carbocycles. The second-order valence-electron chi connectivity index (χ2n) is 4.88. The van der Waals surface area contributed by atoms with Gasteiger partial charge >= 0.3 is 0 Å². The average molecular weight is 308 g/mol. The first-order valence-corrected chi connectivity index (χ1v) is 6.74. The van der Waals surface area contributed by atoms with Gasteiger partial charge in [0.2, 0.25) is 0 Å². The number of halogens is 3. The summed E-state index contributed by atoms with van der Waals surface area (Å²) in [5.41, 5.74) is 7.83. The fourth-order valence-electron chi connectivity index (χ4n) is 2.40. The van der Waals surface area contributed by atoms with Gasteiger partial charge in [0.1, 0.15) is 23.0 Å². The van der Waals surface area contributed by atoms with E-state index in [1.807, 2.05) is 0 Å². The van der Waals surface area contributed by atoms with Gasteiger partial charge in [0, 0.05) is 16.0 Å². The molecule has 1 heterocycles. The monoisotopic (exact) mass is 307 g/mol. The van der Waals surface area contributed by atoms with Crippen molar-refractivity contribution in [2.75, 3.05) is 0 Å². The van der Waals surface area contributed by atoms with E-state index in [9.17, 15) is 8.78 Å². The van der Waals surface area contributed by atoms with Crippen molar-refractivity contribution >= 4 is 22.6 Å². The minimum absolute atomic E-state index is 0.352. The van der Waals surface area contributed by atoms with Crippen molar-refractivity contribution in [3.05, 3.63) is 69.9 Å². The first-order chi connectivity index (χ1) is 9.97. The zero-order valence-corrected chi connectivity index (χ0v) is 11.9. The lowest BCUT2D eigenvalue weighted by Crippen LogP contribution is -2.13. The Balaban J connectivity index is 2.15. The van der Waals surface area contributed by atoms with Crippen LogP contribution >= 0.6 is 11.6 Å². The number of rotatable bonds is 2. The van der Waals surface area contributed by atoms with E-state index in [-0.39, 0.29) is 5.82 Å². The van der Waals surface area contributed by atoms with Crippen LogP contribution in [0, 0.1) is 18.6 Å². The summed E-state index contributed by atoms with van der Waals surface area (Å²) in [4.78, 5) is 0. The van der Waals surface area contributed by atoms with Crippen LogP contribution in [-0.2, 0) is 0 Å². The van der Waals surface area contributed by atoms with E-state index >= 15 is 0 Å². The third-order valence-electron chi connectivity index (χ3n) is 3.51. The fourth-order valence-corrected chi connectivity index (χ4v) is 2.64. The van der Waals surface area contributed by atoms with Crippen LogP contribution in [0.2, 0.25) is 5.02 Å². The standard InChI is InChI=1S/C16H12ClF2NO/c1-8-11-6-10(19)3-5-14(11)21-16(8)15(20)12-7-9(18)2-4-13(12)17/h2-7,15H,20H2,1H3.